The molecule has 11 heteroatoms. The van der Waals surface area contributed by atoms with Gasteiger partial charge < -0.3 is 20.1 Å². The van der Waals surface area contributed by atoms with E-state index in [4.69, 9.17) is 24.5 Å². The maximum Gasteiger partial charge on any atom is 0.342 e. The Labute approximate surface area is 337 Å². The highest BCUT2D eigenvalue weighted by molar-refractivity contribution is 6.33. The monoisotopic (exact) mass is 780 g/mol. The predicted octanol–water partition coefficient (Wildman–Crippen LogP) is 9.86. The zero-order valence-corrected chi connectivity index (χ0v) is 37.4. The number of rotatable bonds is 17. The molecule has 0 radical (unpaired) electrons. The van der Waals surface area contributed by atoms with Crippen LogP contribution in [0, 0.1) is 23.7 Å². The van der Waals surface area contributed by atoms with Gasteiger partial charge >= 0.3 is 11.9 Å². The molecule has 0 aromatic heterocycles. The largest absolute Gasteiger partial charge is 0.456 e. The molecule has 2 aliphatic heterocycles. The van der Waals surface area contributed by atoms with Crippen LogP contribution in [0.15, 0.2) is 48.7 Å². The van der Waals surface area contributed by atoms with E-state index in [1.54, 1.807) is 27.7 Å². The van der Waals surface area contributed by atoms with E-state index in [1.807, 2.05) is 55.4 Å². The molecule has 2 heterocycles. The minimum absolute atomic E-state index is 0.0647. The lowest BCUT2D eigenvalue weighted by Gasteiger charge is -2.26. The van der Waals surface area contributed by atoms with E-state index < -0.39 is 29.1 Å². The minimum atomic E-state index is -0.815. The molecule has 0 aliphatic carbocycles. The first-order valence-corrected chi connectivity index (χ1v) is 21.2. The SMILES string of the molecule is CCCCC1=C(C(=O)OC(C)(C)C)C(C(C)C)=C(N=C2N=C(NC(=O)C(CC)CCCC)C(C(=O)OC(C)(C)C)=C2C)N=C(NC(=O)C(CC)CCCC)C1C. The summed E-state index contributed by atoms with van der Waals surface area (Å²) in [7, 11) is 0. The molecule has 0 aromatic carbocycles. The lowest BCUT2D eigenvalue weighted by molar-refractivity contribution is -0.150. The summed E-state index contributed by atoms with van der Waals surface area (Å²) < 4.78 is 11.9. The molecule has 2 aliphatic rings. The normalized spacial score (nSPS) is 18.5. The zero-order valence-electron chi connectivity index (χ0n) is 37.4. The molecule has 56 heavy (non-hydrogen) atoms. The third-order valence-corrected chi connectivity index (χ3v) is 9.98. The standard InChI is InChI=1S/C45H73N5O6/c1-16-21-24-30(19-4)40(51)49-36-28(8)32(26-23-18-3)35(43(54)56-45(13,14)15)33(27(6)7)38(46-36)47-37-29(9)34(42(53)55-44(10,11)12)39(48-37)50-41(52)31(20-5)25-22-17-2/h27-28,30-31H,16-26H2,1-15H3,(H,46,49,51)(H,47,48,50,52). The van der Waals surface area contributed by atoms with Gasteiger partial charge in [-0.2, -0.15) is 0 Å². The summed E-state index contributed by atoms with van der Waals surface area (Å²) in [5.74, 6) is -1.89. The molecule has 2 rings (SSSR count). The lowest BCUT2D eigenvalue weighted by atomic mass is 9.84. The van der Waals surface area contributed by atoms with Crippen LogP contribution >= 0.6 is 0 Å². The van der Waals surface area contributed by atoms with Crippen LogP contribution in [0.1, 0.15) is 174 Å². The highest BCUT2D eigenvalue weighted by atomic mass is 16.6. The number of ether oxygens (including phenoxy) is 2. The second-order valence-electron chi connectivity index (χ2n) is 17.5. The highest BCUT2D eigenvalue weighted by Crippen LogP contribution is 2.38. The number of esters is 2. The Bertz CT molecular complexity index is 1630. The number of nitrogens with zero attached hydrogens (tertiary/aromatic N) is 3. The van der Waals surface area contributed by atoms with E-state index in [1.165, 1.54) is 0 Å². The van der Waals surface area contributed by atoms with Crippen molar-refractivity contribution in [2.45, 2.75) is 186 Å². The van der Waals surface area contributed by atoms with Crippen LogP contribution in [0.25, 0.3) is 0 Å². The van der Waals surface area contributed by atoms with Gasteiger partial charge in [0, 0.05) is 28.9 Å². The van der Waals surface area contributed by atoms with Gasteiger partial charge in [0.25, 0.3) is 0 Å². The van der Waals surface area contributed by atoms with Crippen LogP contribution in [-0.4, -0.2) is 52.5 Å². The molecule has 0 aromatic rings. The van der Waals surface area contributed by atoms with Crippen molar-refractivity contribution in [1.29, 1.82) is 0 Å². The van der Waals surface area contributed by atoms with Crippen LogP contribution in [0.2, 0.25) is 0 Å². The number of hydrogen-bond donors (Lipinski definition) is 2. The maximum atomic E-state index is 14.4. The van der Waals surface area contributed by atoms with Crippen LogP contribution in [0.5, 0.6) is 0 Å². The Balaban J connectivity index is 3.07. The van der Waals surface area contributed by atoms with Gasteiger partial charge in [0.15, 0.2) is 11.7 Å². The molecule has 11 nitrogen and oxygen atoms in total. The van der Waals surface area contributed by atoms with Crippen molar-refractivity contribution in [2.24, 2.45) is 38.6 Å². The lowest BCUT2D eigenvalue weighted by Crippen LogP contribution is -2.39. The van der Waals surface area contributed by atoms with Gasteiger partial charge in [0.1, 0.15) is 28.4 Å². The molecule has 3 atom stereocenters. The van der Waals surface area contributed by atoms with E-state index in [9.17, 15) is 19.2 Å². The average molecular weight is 780 g/mol. The predicted molar refractivity (Wildman–Crippen MR) is 227 cm³/mol. The van der Waals surface area contributed by atoms with E-state index >= 15 is 0 Å². The number of aliphatic imine (C=N–C) groups is 3. The van der Waals surface area contributed by atoms with E-state index in [2.05, 4.69) is 31.4 Å². The number of amides is 2. The Morgan fingerprint density at radius 1 is 0.732 bits per heavy atom. The van der Waals surface area contributed by atoms with Gasteiger partial charge in [-0.1, -0.05) is 87.5 Å². The maximum absolute atomic E-state index is 14.4. The molecule has 0 saturated heterocycles. The fourth-order valence-electron chi connectivity index (χ4n) is 6.79. The molecular weight excluding hydrogens is 707 g/mol. The summed E-state index contributed by atoms with van der Waals surface area (Å²) >= 11 is 0. The van der Waals surface area contributed by atoms with Crippen molar-refractivity contribution >= 4 is 41.3 Å². The molecule has 3 unspecified atom stereocenters. The van der Waals surface area contributed by atoms with Crippen molar-refractivity contribution in [3.05, 3.63) is 33.7 Å². The van der Waals surface area contributed by atoms with E-state index in [-0.39, 0.29) is 52.6 Å². The van der Waals surface area contributed by atoms with Crippen LogP contribution in [0.4, 0.5) is 0 Å². The summed E-state index contributed by atoms with van der Waals surface area (Å²) in [6.45, 7) is 28.7. The third-order valence-electron chi connectivity index (χ3n) is 9.98. The topological polar surface area (TPSA) is 148 Å². The van der Waals surface area contributed by atoms with Gasteiger partial charge in [-0.05, 0) is 98.5 Å². The smallest absolute Gasteiger partial charge is 0.342 e. The summed E-state index contributed by atoms with van der Waals surface area (Å²) in [5.41, 5.74) is 0.672. The summed E-state index contributed by atoms with van der Waals surface area (Å²) in [4.78, 5) is 70.7. The molecule has 2 amide bonds. The molecule has 314 valence electrons. The Hall–Kier alpha value is -3.89. The first kappa shape index (κ1) is 48.3. The molecule has 0 spiro atoms. The second-order valence-corrected chi connectivity index (χ2v) is 17.5. The van der Waals surface area contributed by atoms with Crippen LogP contribution in [0.3, 0.4) is 0 Å². The Kier molecular flexibility index (Phi) is 18.6. The molecule has 0 saturated carbocycles. The molecular formula is C45H73N5O6. The highest BCUT2D eigenvalue weighted by Gasteiger charge is 2.37. The van der Waals surface area contributed by atoms with Crippen molar-refractivity contribution in [1.82, 2.24) is 10.6 Å². The van der Waals surface area contributed by atoms with Gasteiger partial charge in [-0.15, -0.1) is 0 Å². The van der Waals surface area contributed by atoms with E-state index in [0.29, 0.717) is 48.2 Å². The number of hydrogen-bond acceptors (Lipinski definition) is 8. The fraction of sp³-hybridized carbons (Fsp3) is 0.711. The third kappa shape index (κ3) is 13.6. The zero-order chi connectivity index (χ0) is 42.5. The number of carbonyl (C=O) groups is 4. The minimum Gasteiger partial charge on any atom is -0.456 e. The number of unbranched alkanes of at least 4 members (excludes halogenated alkanes) is 3. The van der Waals surface area contributed by atoms with Gasteiger partial charge in [0.2, 0.25) is 11.8 Å². The van der Waals surface area contributed by atoms with E-state index in [0.717, 1.165) is 50.5 Å². The fourth-order valence-corrected chi connectivity index (χ4v) is 6.79. The van der Waals surface area contributed by atoms with Crippen molar-refractivity contribution < 1.29 is 28.7 Å². The van der Waals surface area contributed by atoms with Gasteiger partial charge in [-0.3, -0.25) is 9.59 Å². The van der Waals surface area contributed by atoms with Crippen LogP contribution < -0.4 is 10.6 Å². The van der Waals surface area contributed by atoms with Crippen molar-refractivity contribution in [3.63, 3.8) is 0 Å². The first-order valence-electron chi connectivity index (χ1n) is 21.2. The summed E-state index contributed by atoms with van der Waals surface area (Å²) in [6.07, 6.45) is 8.80. The van der Waals surface area contributed by atoms with Crippen molar-refractivity contribution in [3.8, 4) is 0 Å². The number of carbonyl (C=O) groups excluding carboxylic acids is 4. The summed E-state index contributed by atoms with van der Waals surface area (Å²) in [5, 5.41) is 6.11. The van der Waals surface area contributed by atoms with Gasteiger partial charge in [-0.25, -0.2) is 24.6 Å². The molecule has 2 N–H and O–H groups in total. The van der Waals surface area contributed by atoms with Crippen LogP contribution in [-0.2, 0) is 28.7 Å². The number of amidine groups is 3. The quantitative estimate of drug-likeness (QED) is 0.141. The molecule has 0 fully saturated rings. The molecule has 0 bridgehead atoms. The number of nitrogens with one attached hydrogen (secondary N) is 2. The Morgan fingerprint density at radius 3 is 1.66 bits per heavy atom. The average Bonchev–Trinajstić information content (AvgIpc) is 3.33. The summed E-state index contributed by atoms with van der Waals surface area (Å²) in [6, 6.07) is 0. The first-order chi connectivity index (χ1) is 26.1. The second kappa shape index (κ2) is 21.6. The van der Waals surface area contributed by atoms with Gasteiger partial charge in [0.05, 0.1) is 5.57 Å². The Morgan fingerprint density at radius 2 is 1.21 bits per heavy atom. The van der Waals surface area contributed by atoms with Crippen molar-refractivity contribution in [2.75, 3.05) is 0 Å².